The third-order valence-corrected chi connectivity index (χ3v) is 7.96. The first kappa shape index (κ1) is 18.9. The van der Waals surface area contributed by atoms with Gasteiger partial charge < -0.3 is 9.47 Å². The van der Waals surface area contributed by atoms with E-state index in [4.69, 9.17) is 19.2 Å². The van der Waals surface area contributed by atoms with E-state index in [1.165, 1.54) is 6.42 Å². The Balaban J connectivity index is 1.38. The van der Waals surface area contributed by atoms with E-state index >= 15 is 0 Å². The number of benzene rings is 1. The Bertz CT molecular complexity index is 936. The summed E-state index contributed by atoms with van der Waals surface area (Å²) in [7, 11) is 0. The molecule has 2 bridgehead atoms. The molecule has 1 saturated carbocycles. The fourth-order valence-electron chi connectivity index (χ4n) is 6.33. The molecule has 0 radical (unpaired) electrons. The van der Waals surface area contributed by atoms with Gasteiger partial charge >= 0.3 is 0 Å². The first-order chi connectivity index (χ1) is 14.5. The smallest absolute Gasteiger partial charge is 0.201 e. The maximum absolute atomic E-state index is 6.63. The van der Waals surface area contributed by atoms with Crippen molar-refractivity contribution in [1.29, 1.82) is 0 Å². The van der Waals surface area contributed by atoms with Crippen molar-refractivity contribution in [1.82, 2.24) is 15.0 Å². The summed E-state index contributed by atoms with van der Waals surface area (Å²) in [5.41, 5.74) is 1.34. The van der Waals surface area contributed by atoms with E-state index in [-0.39, 0.29) is 18.1 Å². The van der Waals surface area contributed by atoms with E-state index in [0.29, 0.717) is 11.8 Å². The van der Waals surface area contributed by atoms with Crippen molar-refractivity contribution < 1.29 is 19.2 Å². The van der Waals surface area contributed by atoms with Gasteiger partial charge in [0.05, 0.1) is 6.20 Å². The standard InChI is InChI=1S/C23H29N3O4/c1-14-9-10-18-15(2)20(26-13-19(24-25-26)16-7-5-4-6-8-16)27-21-23(18)17(14)11-12-22(3,28-21)29-30-23/h4-8,13-15,17-18,20-21H,9-12H2,1-3H3/t14-,15-,17+,18+,20+,21-,22-,23-/m1/s1. The van der Waals surface area contributed by atoms with Gasteiger partial charge in [-0.2, -0.15) is 0 Å². The van der Waals surface area contributed by atoms with Crippen LogP contribution in [0.4, 0.5) is 0 Å². The minimum Gasteiger partial charge on any atom is -0.324 e. The monoisotopic (exact) mass is 411 g/mol. The molecule has 5 aliphatic rings. The van der Waals surface area contributed by atoms with Crippen LogP contribution >= 0.6 is 0 Å². The van der Waals surface area contributed by atoms with Gasteiger partial charge in [-0.15, -0.1) is 5.10 Å². The molecule has 5 fully saturated rings. The Labute approximate surface area is 176 Å². The molecule has 1 aromatic carbocycles. The van der Waals surface area contributed by atoms with Crippen molar-refractivity contribution in [3.05, 3.63) is 36.5 Å². The highest BCUT2D eigenvalue weighted by atomic mass is 17.3. The lowest BCUT2D eigenvalue weighted by atomic mass is 9.58. The van der Waals surface area contributed by atoms with Crippen LogP contribution < -0.4 is 0 Å². The van der Waals surface area contributed by atoms with Crippen LogP contribution in [0.15, 0.2) is 36.5 Å². The summed E-state index contributed by atoms with van der Waals surface area (Å²) in [6, 6.07) is 10.1. The van der Waals surface area contributed by atoms with E-state index in [9.17, 15) is 0 Å². The van der Waals surface area contributed by atoms with Gasteiger partial charge in [0.25, 0.3) is 0 Å². The molecule has 5 heterocycles. The van der Waals surface area contributed by atoms with Crippen LogP contribution in [0.5, 0.6) is 0 Å². The average molecular weight is 412 g/mol. The van der Waals surface area contributed by atoms with Crippen LogP contribution in [0.3, 0.4) is 0 Å². The van der Waals surface area contributed by atoms with Crippen LogP contribution in [0.25, 0.3) is 11.3 Å². The van der Waals surface area contributed by atoms with E-state index < -0.39 is 17.7 Å². The van der Waals surface area contributed by atoms with E-state index in [1.54, 1.807) is 0 Å². The molecule has 7 nitrogen and oxygen atoms in total. The van der Waals surface area contributed by atoms with E-state index in [2.05, 4.69) is 24.2 Å². The second-order valence-electron chi connectivity index (χ2n) is 9.75. The number of nitrogens with zero attached hydrogens (tertiary/aromatic N) is 3. The van der Waals surface area contributed by atoms with Gasteiger partial charge in [-0.3, -0.25) is 0 Å². The Kier molecular flexibility index (Phi) is 4.16. The molecule has 4 saturated heterocycles. The lowest BCUT2D eigenvalue weighted by Crippen LogP contribution is -2.69. The van der Waals surface area contributed by atoms with Crippen LogP contribution in [0.1, 0.15) is 52.7 Å². The predicted octanol–water partition coefficient (Wildman–Crippen LogP) is 4.33. The van der Waals surface area contributed by atoms with Gasteiger partial charge in [-0.05, 0) is 38.0 Å². The van der Waals surface area contributed by atoms with Crippen molar-refractivity contribution >= 4 is 0 Å². The van der Waals surface area contributed by atoms with E-state index in [1.807, 2.05) is 48.1 Å². The number of hydrogen-bond acceptors (Lipinski definition) is 6. The van der Waals surface area contributed by atoms with Crippen molar-refractivity contribution in [2.45, 2.75) is 70.4 Å². The summed E-state index contributed by atoms with van der Waals surface area (Å²) in [4.78, 5) is 12.1. The van der Waals surface area contributed by atoms with Crippen molar-refractivity contribution in [3.8, 4) is 11.3 Å². The summed E-state index contributed by atoms with van der Waals surface area (Å²) >= 11 is 0. The molecule has 0 amide bonds. The molecule has 1 aliphatic carbocycles. The van der Waals surface area contributed by atoms with Crippen LogP contribution in [0, 0.1) is 23.7 Å². The molecule has 8 atom stereocenters. The van der Waals surface area contributed by atoms with Gasteiger partial charge in [0.2, 0.25) is 5.79 Å². The van der Waals surface area contributed by atoms with Gasteiger partial charge in [0.15, 0.2) is 18.1 Å². The molecule has 0 unspecified atom stereocenters. The van der Waals surface area contributed by atoms with Gasteiger partial charge in [0, 0.05) is 23.8 Å². The molecular formula is C23H29N3O4. The molecule has 0 N–H and O–H groups in total. The molecule has 1 aromatic heterocycles. The lowest BCUT2D eigenvalue weighted by molar-refractivity contribution is -0.574. The summed E-state index contributed by atoms with van der Waals surface area (Å²) in [6.07, 6.45) is 5.36. The zero-order chi connectivity index (χ0) is 20.5. The normalized spacial score (nSPS) is 45.0. The number of fused-ring (bicyclic) bond motifs is 2. The molecule has 30 heavy (non-hydrogen) atoms. The topological polar surface area (TPSA) is 67.6 Å². The van der Waals surface area contributed by atoms with Crippen molar-refractivity contribution in [3.63, 3.8) is 0 Å². The third kappa shape index (κ3) is 2.59. The van der Waals surface area contributed by atoms with Gasteiger partial charge in [-0.1, -0.05) is 49.4 Å². The molecular weight excluding hydrogens is 382 g/mol. The molecule has 1 spiro atoms. The second kappa shape index (κ2) is 6.60. The molecule has 7 rings (SSSR count). The second-order valence-corrected chi connectivity index (χ2v) is 9.75. The number of ether oxygens (including phenoxy) is 2. The Morgan fingerprint density at radius 3 is 2.70 bits per heavy atom. The highest BCUT2D eigenvalue weighted by Gasteiger charge is 2.69. The fraction of sp³-hybridized carbons (Fsp3) is 0.652. The molecule has 2 aromatic rings. The summed E-state index contributed by atoms with van der Waals surface area (Å²) in [5, 5.41) is 8.85. The molecule has 7 heteroatoms. The number of rotatable bonds is 2. The Morgan fingerprint density at radius 2 is 1.87 bits per heavy atom. The summed E-state index contributed by atoms with van der Waals surface area (Å²) in [6.45, 7) is 6.52. The van der Waals surface area contributed by atoms with Gasteiger partial charge in [0.1, 0.15) is 5.69 Å². The lowest BCUT2D eigenvalue weighted by Gasteiger charge is -2.60. The predicted molar refractivity (Wildman–Crippen MR) is 108 cm³/mol. The van der Waals surface area contributed by atoms with Crippen LogP contribution in [-0.4, -0.2) is 32.7 Å². The fourth-order valence-corrected chi connectivity index (χ4v) is 6.33. The van der Waals surface area contributed by atoms with Gasteiger partial charge in [-0.25, -0.2) is 14.5 Å². The minimum atomic E-state index is -0.764. The average Bonchev–Trinajstić information content (AvgIpc) is 3.13. The van der Waals surface area contributed by atoms with Crippen molar-refractivity contribution in [2.75, 3.05) is 0 Å². The largest absolute Gasteiger partial charge is 0.324 e. The van der Waals surface area contributed by atoms with Crippen LogP contribution in [-0.2, 0) is 19.2 Å². The quantitative estimate of drug-likeness (QED) is 0.686. The third-order valence-electron chi connectivity index (χ3n) is 7.96. The minimum absolute atomic E-state index is 0.191. The Morgan fingerprint density at radius 1 is 1.03 bits per heavy atom. The number of hydrogen-bond donors (Lipinski definition) is 0. The highest BCUT2D eigenvalue weighted by Crippen LogP contribution is 2.61. The summed E-state index contributed by atoms with van der Waals surface area (Å²) < 4.78 is 14.9. The summed E-state index contributed by atoms with van der Waals surface area (Å²) in [5.74, 6) is 0.621. The maximum atomic E-state index is 6.63. The number of aromatic nitrogens is 3. The maximum Gasteiger partial charge on any atom is 0.201 e. The molecule has 160 valence electrons. The zero-order valence-electron chi connectivity index (χ0n) is 17.7. The first-order valence-electron chi connectivity index (χ1n) is 11.2. The first-order valence-corrected chi connectivity index (χ1v) is 11.2. The SMILES string of the molecule is C[C@H]1[C@@H](n2cc(-c3ccccc3)nn2)O[C@@H]2O[C@@]3(C)CC[C@H]4[C@H](C)CC[C@@H]1[C@@]24OO3. The van der Waals surface area contributed by atoms with Crippen LogP contribution in [0.2, 0.25) is 0 Å². The van der Waals surface area contributed by atoms with Crippen molar-refractivity contribution in [2.24, 2.45) is 23.7 Å². The highest BCUT2D eigenvalue weighted by molar-refractivity contribution is 5.57. The van der Waals surface area contributed by atoms with E-state index in [0.717, 1.165) is 30.5 Å². The Hall–Kier alpha value is -1.80. The molecule has 4 aliphatic heterocycles. The zero-order valence-corrected chi connectivity index (χ0v) is 17.7.